The lowest BCUT2D eigenvalue weighted by atomic mass is 10.2. The maximum absolute atomic E-state index is 12.0. The predicted octanol–water partition coefficient (Wildman–Crippen LogP) is 2.09. The molecule has 0 saturated carbocycles. The number of para-hydroxylation sites is 1. The Morgan fingerprint density at radius 3 is 2.70 bits per heavy atom. The van der Waals surface area contributed by atoms with E-state index in [1.54, 1.807) is 49.7 Å². The minimum absolute atomic E-state index is 0.0570. The summed E-state index contributed by atoms with van der Waals surface area (Å²) in [6.45, 7) is 0. The van der Waals surface area contributed by atoms with Gasteiger partial charge in [0.25, 0.3) is 11.5 Å². The zero-order valence-corrected chi connectivity index (χ0v) is 12.3. The van der Waals surface area contributed by atoms with E-state index in [-0.39, 0.29) is 5.95 Å². The molecule has 0 spiro atoms. The summed E-state index contributed by atoms with van der Waals surface area (Å²) in [6.07, 6.45) is 1.54. The first-order valence-corrected chi connectivity index (χ1v) is 6.83. The molecule has 0 aliphatic carbocycles. The highest BCUT2D eigenvalue weighted by molar-refractivity contribution is 5.81. The Bertz CT molecular complexity index is 917. The summed E-state index contributed by atoms with van der Waals surface area (Å²) in [5.41, 5.74) is 3.31. The first-order chi connectivity index (χ1) is 11.2. The van der Waals surface area contributed by atoms with Crippen LogP contribution in [0.25, 0.3) is 10.9 Å². The molecule has 7 heteroatoms. The second-order valence-corrected chi connectivity index (χ2v) is 4.71. The molecule has 3 aromatic rings. The summed E-state index contributed by atoms with van der Waals surface area (Å²) in [7, 11) is 1.59. The molecule has 2 aromatic carbocycles. The van der Waals surface area contributed by atoms with Crippen molar-refractivity contribution in [1.82, 2.24) is 9.71 Å². The highest BCUT2D eigenvalue weighted by Gasteiger charge is 2.08. The number of methoxy groups -OCH3 is 1. The fourth-order valence-electron chi connectivity index (χ4n) is 2.05. The highest BCUT2D eigenvalue weighted by Crippen LogP contribution is 2.11. The number of hydrogen-bond acceptors (Lipinski definition) is 6. The Morgan fingerprint density at radius 2 is 1.96 bits per heavy atom. The number of ether oxygens (including phenoxy) is 1. The Morgan fingerprint density at radius 1 is 1.22 bits per heavy atom. The Balaban J connectivity index is 1.85. The standard InChI is InChI=1S/C16H14N4O3/c1-23-12-8-6-11(7-9-12)10-17-19-16-18-14-5-3-2-4-13(14)15(21)20(16)22/h2-10,22H,1H3,(H,18,19)/b17-10-. The highest BCUT2D eigenvalue weighted by atomic mass is 16.5. The molecule has 0 saturated heterocycles. The lowest BCUT2D eigenvalue weighted by molar-refractivity contribution is 0.179. The van der Waals surface area contributed by atoms with Crippen molar-refractivity contribution in [3.63, 3.8) is 0 Å². The van der Waals surface area contributed by atoms with E-state index in [0.29, 0.717) is 15.6 Å². The Hall–Kier alpha value is -3.35. The van der Waals surface area contributed by atoms with Crippen molar-refractivity contribution in [3.05, 3.63) is 64.4 Å². The molecular weight excluding hydrogens is 296 g/mol. The molecule has 0 fully saturated rings. The Labute approximate surface area is 131 Å². The van der Waals surface area contributed by atoms with Crippen LogP contribution in [-0.2, 0) is 0 Å². The van der Waals surface area contributed by atoms with Gasteiger partial charge < -0.3 is 9.94 Å². The van der Waals surface area contributed by atoms with E-state index in [0.717, 1.165) is 11.3 Å². The number of hydrogen-bond donors (Lipinski definition) is 2. The number of nitrogens with zero attached hydrogens (tertiary/aromatic N) is 3. The van der Waals surface area contributed by atoms with Gasteiger partial charge in [-0.1, -0.05) is 12.1 Å². The van der Waals surface area contributed by atoms with Crippen molar-refractivity contribution in [2.75, 3.05) is 12.5 Å². The summed E-state index contributed by atoms with van der Waals surface area (Å²) >= 11 is 0. The van der Waals surface area contributed by atoms with Gasteiger partial charge in [0.05, 0.1) is 24.2 Å². The third-order valence-corrected chi connectivity index (χ3v) is 3.25. The van der Waals surface area contributed by atoms with Crippen LogP contribution >= 0.6 is 0 Å². The summed E-state index contributed by atoms with van der Waals surface area (Å²) in [6, 6.07) is 14.0. The monoisotopic (exact) mass is 310 g/mol. The van der Waals surface area contributed by atoms with Gasteiger partial charge in [-0.15, -0.1) is 4.73 Å². The van der Waals surface area contributed by atoms with E-state index in [1.807, 2.05) is 12.1 Å². The topological polar surface area (TPSA) is 88.7 Å². The third-order valence-electron chi connectivity index (χ3n) is 3.25. The quantitative estimate of drug-likeness (QED) is 0.437. The first-order valence-electron chi connectivity index (χ1n) is 6.83. The lowest BCUT2D eigenvalue weighted by Crippen LogP contribution is -2.22. The van der Waals surface area contributed by atoms with Crippen molar-refractivity contribution in [2.24, 2.45) is 5.10 Å². The van der Waals surface area contributed by atoms with Crippen LogP contribution in [0.5, 0.6) is 5.75 Å². The van der Waals surface area contributed by atoms with E-state index >= 15 is 0 Å². The van der Waals surface area contributed by atoms with Gasteiger partial charge in [0.1, 0.15) is 5.75 Å². The van der Waals surface area contributed by atoms with Crippen LogP contribution in [0.2, 0.25) is 0 Å². The second kappa shape index (κ2) is 6.18. The number of rotatable bonds is 4. The van der Waals surface area contributed by atoms with Gasteiger partial charge in [0, 0.05) is 0 Å². The molecule has 0 atom stereocenters. The van der Waals surface area contributed by atoms with Crippen LogP contribution in [0.1, 0.15) is 5.56 Å². The van der Waals surface area contributed by atoms with Gasteiger partial charge in [-0.25, -0.2) is 10.4 Å². The maximum atomic E-state index is 12.0. The van der Waals surface area contributed by atoms with E-state index in [4.69, 9.17) is 4.74 Å². The zero-order chi connectivity index (χ0) is 16.2. The largest absolute Gasteiger partial charge is 0.497 e. The smallest absolute Gasteiger partial charge is 0.295 e. The number of benzene rings is 2. The number of nitrogens with one attached hydrogen (secondary N) is 1. The van der Waals surface area contributed by atoms with Gasteiger partial charge in [-0.05, 0) is 42.0 Å². The predicted molar refractivity (Wildman–Crippen MR) is 87.4 cm³/mol. The molecule has 0 aliphatic heterocycles. The van der Waals surface area contributed by atoms with Gasteiger partial charge in [0.15, 0.2) is 0 Å². The van der Waals surface area contributed by atoms with Crippen LogP contribution in [0.3, 0.4) is 0 Å². The summed E-state index contributed by atoms with van der Waals surface area (Å²) in [5.74, 6) is 0.689. The molecule has 0 unspecified atom stereocenters. The normalized spacial score (nSPS) is 11.0. The minimum Gasteiger partial charge on any atom is -0.497 e. The van der Waals surface area contributed by atoms with E-state index in [9.17, 15) is 10.0 Å². The molecule has 0 aliphatic rings. The van der Waals surface area contributed by atoms with Crippen LogP contribution in [0, 0.1) is 0 Å². The molecule has 2 N–H and O–H groups in total. The molecule has 3 rings (SSSR count). The number of anilines is 1. The van der Waals surface area contributed by atoms with Crippen molar-refractivity contribution in [3.8, 4) is 5.75 Å². The molecule has 0 bridgehead atoms. The van der Waals surface area contributed by atoms with E-state index < -0.39 is 5.56 Å². The molecule has 0 amide bonds. The summed E-state index contributed by atoms with van der Waals surface area (Å²) in [5, 5.41) is 14.2. The van der Waals surface area contributed by atoms with Crippen molar-refractivity contribution >= 4 is 23.1 Å². The number of aromatic nitrogens is 2. The van der Waals surface area contributed by atoms with Gasteiger partial charge in [0.2, 0.25) is 0 Å². The van der Waals surface area contributed by atoms with Crippen LogP contribution in [-0.4, -0.2) is 28.2 Å². The molecule has 1 aromatic heterocycles. The molecule has 0 radical (unpaired) electrons. The second-order valence-electron chi connectivity index (χ2n) is 4.71. The molecule has 7 nitrogen and oxygen atoms in total. The third kappa shape index (κ3) is 2.98. The number of hydrazone groups is 1. The zero-order valence-electron chi connectivity index (χ0n) is 12.3. The van der Waals surface area contributed by atoms with Crippen molar-refractivity contribution in [1.29, 1.82) is 0 Å². The lowest BCUT2D eigenvalue weighted by Gasteiger charge is -2.06. The molecular formula is C16H14N4O3. The molecule has 116 valence electrons. The summed E-state index contributed by atoms with van der Waals surface area (Å²) in [4.78, 5) is 16.2. The molecule has 23 heavy (non-hydrogen) atoms. The van der Waals surface area contributed by atoms with Crippen LogP contribution in [0.4, 0.5) is 5.95 Å². The van der Waals surface area contributed by atoms with E-state index in [2.05, 4.69) is 15.5 Å². The van der Waals surface area contributed by atoms with Crippen LogP contribution in [0.15, 0.2) is 58.4 Å². The SMILES string of the molecule is COc1ccc(/C=N\Nc2nc3ccccc3c(=O)n2O)cc1. The van der Waals surface area contributed by atoms with E-state index in [1.165, 1.54) is 0 Å². The van der Waals surface area contributed by atoms with Crippen molar-refractivity contribution in [2.45, 2.75) is 0 Å². The fraction of sp³-hybridized carbons (Fsp3) is 0.0625. The summed E-state index contributed by atoms with van der Waals surface area (Å²) < 4.78 is 5.51. The average Bonchev–Trinajstić information content (AvgIpc) is 2.60. The van der Waals surface area contributed by atoms with Gasteiger partial charge >= 0.3 is 0 Å². The first kappa shape index (κ1) is 14.6. The van der Waals surface area contributed by atoms with Gasteiger partial charge in [-0.2, -0.15) is 5.10 Å². The molecule has 1 heterocycles. The van der Waals surface area contributed by atoms with Crippen molar-refractivity contribution < 1.29 is 9.94 Å². The van der Waals surface area contributed by atoms with Crippen LogP contribution < -0.4 is 15.7 Å². The maximum Gasteiger partial charge on any atom is 0.295 e. The Kier molecular flexibility index (Phi) is 3.92. The van der Waals surface area contributed by atoms with Gasteiger partial charge in [-0.3, -0.25) is 4.79 Å². The number of fused-ring (bicyclic) bond motifs is 1. The minimum atomic E-state index is -0.558. The average molecular weight is 310 g/mol. The fourth-order valence-corrected chi connectivity index (χ4v) is 2.05.